The maximum Gasteiger partial charge on any atom is 0.226 e. The van der Waals surface area contributed by atoms with Gasteiger partial charge in [0.1, 0.15) is 12.0 Å². The summed E-state index contributed by atoms with van der Waals surface area (Å²) < 4.78 is 5.25. The fourth-order valence-electron chi connectivity index (χ4n) is 3.53. The number of hydrogen-bond acceptors (Lipinski definition) is 5. The first-order valence-corrected chi connectivity index (χ1v) is 7.32. The van der Waals surface area contributed by atoms with Gasteiger partial charge in [-0.1, -0.05) is 12.8 Å². The first-order valence-electron chi connectivity index (χ1n) is 7.32. The van der Waals surface area contributed by atoms with E-state index in [1.807, 2.05) is 0 Å². The first-order chi connectivity index (χ1) is 9.57. The van der Waals surface area contributed by atoms with Crippen LogP contribution in [0.5, 0.6) is 5.75 Å². The van der Waals surface area contributed by atoms with Crippen LogP contribution in [0.2, 0.25) is 0 Å². The minimum absolute atomic E-state index is 0.328. The van der Waals surface area contributed by atoms with Crippen LogP contribution >= 0.6 is 0 Å². The Morgan fingerprint density at radius 3 is 3.05 bits per heavy atom. The van der Waals surface area contributed by atoms with Gasteiger partial charge in [-0.2, -0.15) is 0 Å². The third kappa shape index (κ3) is 2.60. The highest BCUT2D eigenvalue weighted by atomic mass is 16.4. The smallest absolute Gasteiger partial charge is 0.226 e. The SMILES string of the molecule is O=c1cc(CN2CCC3(O)CCCCC3C2)occ1O. The summed E-state index contributed by atoms with van der Waals surface area (Å²) in [7, 11) is 0. The molecule has 1 aromatic rings. The number of aliphatic hydroxyl groups is 1. The second-order valence-electron chi connectivity index (χ2n) is 6.13. The average Bonchev–Trinajstić information content (AvgIpc) is 2.43. The molecule has 0 spiro atoms. The largest absolute Gasteiger partial charge is 0.502 e. The Bertz CT molecular complexity index is 541. The molecule has 1 aromatic heterocycles. The molecule has 2 heterocycles. The molecule has 3 rings (SSSR count). The molecule has 2 N–H and O–H groups in total. The minimum Gasteiger partial charge on any atom is -0.502 e. The second-order valence-corrected chi connectivity index (χ2v) is 6.13. The van der Waals surface area contributed by atoms with Crippen molar-refractivity contribution in [3.63, 3.8) is 0 Å². The number of rotatable bonds is 2. The van der Waals surface area contributed by atoms with Crippen molar-refractivity contribution in [2.75, 3.05) is 13.1 Å². The fraction of sp³-hybridized carbons (Fsp3) is 0.667. The third-order valence-corrected chi connectivity index (χ3v) is 4.76. The summed E-state index contributed by atoms with van der Waals surface area (Å²) >= 11 is 0. The summed E-state index contributed by atoms with van der Waals surface area (Å²) in [4.78, 5) is 13.6. The monoisotopic (exact) mass is 279 g/mol. The van der Waals surface area contributed by atoms with Gasteiger partial charge < -0.3 is 14.6 Å². The molecule has 2 fully saturated rings. The van der Waals surface area contributed by atoms with Gasteiger partial charge >= 0.3 is 0 Å². The van der Waals surface area contributed by atoms with Crippen LogP contribution in [0.15, 0.2) is 21.5 Å². The highest BCUT2D eigenvalue weighted by molar-refractivity contribution is 5.15. The van der Waals surface area contributed by atoms with Crippen LogP contribution in [-0.2, 0) is 6.54 Å². The molecule has 0 aromatic carbocycles. The third-order valence-electron chi connectivity index (χ3n) is 4.76. The van der Waals surface area contributed by atoms with Crippen molar-refractivity contribution in [3.05, 3.63) is 28.3 Å². The van der Waals surface area contributed by atoms with Gasteiger partial charge in [-0.25, -0.2) is 0 Å². The Morgan fingerprint density at radius 2 is 2.25 bits per heavy atom. The van der Waals surface area contributed by atoms with Crippen molar-refractivity contribution in [3.8, 4) is 5.75 Å². The Morgan fingerprint density at radius 1 is 1.40 bits per heavy atom. The van der Waals surface area contributed by atoms with Crippen LogP contribution in [0, 0.1) is 5.92 Å². The zero-order valence-electron chi connectivity index (χ0n) is 11.5. The first kappa shape index (κ1) is 13.6. The normalized spacial score (nSPS) is 30.9. The van der Waals surface area contributed by atoms with Crippen LogP contribution in [0.4, 0.5) is 0 Å². The van der Waals surface area contributed by atoms with Gasteiger partial charge in [-0.3, -0.25) is 9.69 Å². The van der Waals surface area contributed by atoms with E-state index in [2.05, 4.69) is 4.90 Å². The molecule has 5 heteroatoms. The lowest BCUT2D eigenvalue weighted by Crippen LogP contribution is -2.52. The van der Waals surface area contributed by atoms with Crippen molar-refractivity contribution < 1.29 is 14.6 Å². The molecule has 5 nitrogen and oxygen atoms in total. The molecule has 2 aliphatic rings. The topological polar surface area (TPSA) is 73.9 Å². The Labute approximate surface area is 117 Å². The van der Waals surface area contributed by atoms with Gasteiger partial charge in [-0.15, -0.1) is 0 Å². The lowest BCUT2D eigenvalue weighted by atomic mass is 9.71. The standard InChI is InChI=1S/C15H21NO4/c17-13-7-12(20-10-14(13)18)9-16-6-5-15(19)4-2-1-3-11(15)8-16/h7,10-11,18-19H,1-6,8-9H2. The van der Waals surface area contributed by atoms with E-state index in [0.717, 1.165) is 45.0 Å². The molecule has 1 saturated heterocycles. The highest BCUT2D eigenvalue weighted by Crippen LogP contribution is 2.39. The summed E-state index contributed by atoms with van der Waals surface area (Å²) in [6.07, 6.45) is 6.19. The Balaban J connectivity index is 1.67. The van der Waals surface area contributed by atoms with Crippen molar-refractivity contribution in [2.45, 2.75) is 44.2 Å². The van der Waals surface area contributed by atoms with Crippen LogP contribution in [-0.4, -0.2) is 33.8 Å². The number of nitrogens with zero attached hydrogens (tertiary/aromatic N) is 1. The van der Waals surface area contributed by atoms with Gasteiger partial charge in [-0.05, 0) is 19.3 Å². The summed E-state index contributed by atoms with van der Waals surface area (Å²) in [6, 6.07) is 1.34. The van der Waals surface area contributed by atoms with E-state index in [0.29, 0.717) is 18.2 Å². The maximum atomic E-state index is 11.4. The molecule has 0 radical (unpaired) electrons. The minimum atomic E-state index is -0.482. The van der Waals surface area contributed by atoms with Gasteiger partial charge in [0.15, 0.2) is 5.75 Å². The van der Waals surface area contributed by atoms with Gasteiger partial charge in [0.25, 0.3) is 0 Å². The molecule has 2 unspecified atom stereocenters. The van der Waals surface area contributed by atoms with Gasteiger partial charge in [0.05, 0.1) is 12.1 Å². The van der Waals surface area contributed by atoms with E-state index >= 15 is 0 Å². The van der Waals surface area contributed by atoms with E-state index in [1.165, 1.54) is 12.5 Å². The number of likely N-dealkylation sites (tertiary alicyclic amines) is 1. The molecule has 1 aliphatic carbocycles. The lowest BCUT2D eigenvalue weighted by Gasteiger charge is -2.47. The average molecular weight is 279 g/mol. The van der Waals surface area contributed by atoms with E-state index in [-0.39, 0.29) is 5.75 Å². The molecule has 0 bridgehead atoms. The second kappa shape index (κ2) is 5.22. The zero-order valence-corrected chi connectivity index (χ0v) is 11.5. The van der Waals surface area contributed by atoms with Crippen LogP contribution in [0.3, 0.4) is 0 Å². The molecular weight excluding hydrogens is 258 g/mol. The van der Waals surface area contributed by atoms with Gasteiger partial charge in [0.2, 0.25) is 5.43 Å². The Kier molecular flexibility index (Phi) is 3.56. The maximum absolute atomic E-state index is 11.4. The zero-order chi connectivity index (χ0) is 14.2. The molecule has 0 amide bonds. The van der Waals surface area contributed by atoms with Crippen LogP contribution < -0.4 is 5.43 Å². The van der Waals surface area contributed by atoms with E-state index in [9.17, 15) is 15.0 Å². The van der Waals surface area contributed by atoms with E-state index in [1.54, 1.807) is 0 Å². The molecule has 20 heavy (non-hydrogen) atoms. The fourth-order valence-corrected chi connectivity index (χ4v) is 3.53. The summed E-state index contributed by atoms with van der Waals surface area (Å²) in [6.45, 7) is 2.22. The lowest BCUT2D eigenvalue weighted by molar-refractivity contribution is -0.0976. The number of hydrogen-bond donors (Lipinski definition) is 2. The quantitative estimate of drug-likeness (QED) is 0.857. The van der Waals surface area contributed by atoms with E-state index in [4.69, 9.17) is 4.42 Å². The van der Waals surface area contributed by atoms with Crippen molar-refractivity contribution in [2.24, 2.45) is 5.92 Å². The van der Waals surface area contributed by atoms with Crippen LogP contribution in [0.1, 0.15) is 37.9 Å². The number of piperidine rings is 1. The Hall–Kier alpha value is -1.33. The molecule has 110 valence electrons. The number of aromatic hydroxyl groups is 1. The predicted octanol–water partition coefficient (Wildman–Crippen LogP) is 1.47. The van der Waals surface area contributed by atoms with Crippen molar-refractivity contribution in [1.29, 1.82) is 0 Å². The molecule has 1 saturated carbocycles. The highest BCUT2D eigenvalue weighted by Gasteiger charge is 2.42. The van der Waals surface area contributed by atoms with Crippen molar-refractivity contribution >= 4 is 0 Å². The van der Waals surface area contributed by atoms with E-state index < -0.39 is 11.0 Å². The predicted molar refractivity (Wildman–Crippen MR) is 73.4 cm³/mol. The molecular formula is C15H21NO4. The summed E-state index contributed by atoms with van der Waals surface area (Å²) in [5.74, 6) is 0.539. The van der Waals surface area contributed by atoms with Crippen LogP contribution in [0.25, 0.3) is 0 Å². The van der Waals surface area contributed by atoms with Gasteiger partial charge in [0, 0.05) is 25.1 Å². The summed E-state index contributed by atoms with van der Waals surface area (Å²) in [5.41, 5.74) is -0.887. The summed E-state index contributed by atoms with van der Waals surface area (Å²) in [5, 5.41) is 19.8. The van der Waals surface area contributed by atoms with Crippen molar-refractivity contribution in [1.82, 2.24) is 4.90 Å². The molecule has 2 atom stereocenters. The molecule has 1 aliphatic heterocycles. The number of fused-ring (bicyclic) bond motifs is 1.